The topological polar surface area (TPSA) is 113 Å². The average molecular weight is 357 g/mol. The highest BCUT2D eigenvalue weighted by molar-refractivity contribution is 5.88. The number of carbonyl (C=O) groups is 1. The third kappa shape index (κ3) is 3.66. The molecule has 5 N–H and O–H groups in total. The highest BCUT2D eigenvalue weighted by Gasteiger charge is 2.12. The lowest BCUT2D eigenvalue weighted by molar-refractivity contribution is 0.0697. The number of hydrogen-bond acceptors (Lipinski definition) is 6. The maximum absolute atomic E-state index is 13.8. The van der Waals surface area contributed by atoms with Gasteiger partial charge in [0.05, 0.1) is 11.3 Å². The second-order valence-electron chi connectivity index (χ2n) is 5.24. The van der Waals surface area contributed by atoms with E-state index in [1.54, 1.807) is 12.1 Å². The first-order valence-electron chi connectivity index (χ1n) is 7.37. The van der Waals surface area contributed by atoms with Gasteiger partial charge in [0.2, 0.25) is 0 Å². The number of nitrogen functional groups attached to an aromatic ring is 1. The monoisotopic (exact) mass is 357 g/mol. The van der Waals surface area contributed by atoms with Crippen molar-refractivity contribution in [2.24, 2.45) is 0 Å². The normalized spacial score (nSPS) is 10.4. The third-order valence-electron chi connectivity index (χ3n) is 3.46. The zero-order chi connectivity index (χ0) is 18.7. The molecule has 7 nitrogen and oxygen atoms in total. The van der Waals surface area contributed by atoms with Crippen LogP contribution in [-0.2, 0) is 0 Å². The molecule has 0 spiro atoms. The Morgan fingerprint density at radius 1 is 1.00 bits per heavy atom. The number of nitrogens with two attached hydrogens (primary N) is 1. The van der Waals surface area contributed by atoms with Crippen LogP contribution in [0.3, 0.4) is 0 Å². The van der Waals surface area contributed by atoms with Gasteiger partial charge in [0.15, 0.2) is 11.6 Å². The number of anilines is 5. The summed E-state index contributed by atoms with van der Waals surface area (Å²) in [4.78, 5) is 18.8. The quantitative estimate of drug-likeness (QED) is 0.552. The van der Waals surface area contributed by atoms with E-state index < -0.39 is 17.6 Å². The van der Waals surface area contributed by atoms with Crippen LogP contribution in [-0.4, -0.2) is 21.0 Å². The van der Waals surface area contributed by atoms with Crippen LogP contribution in [0.4, 0.5) is 37.5 Å². The molecule has 3 aromatic rings. The summed E-state index contributed by atoms with van der Waals surface area (Å²) in [5.41, 5.74) is 6.63. The van der Waals surface area contributed by atoms with Gasteiger partial charge in [-0.2, -0.15) is 0 Å². The first-order chi connectivity index (χ1) is 12.4. The molecule has 0 aliphatic heterocycles. The molecule has 0 bridgehead atoms. The number of hydrogen-bond donors (Lipinski definition) is 4. The van der Waals surface area contributed by atoms with Crippen molar-refractivity contribution in [3.8, 4) is 0 Å². The average Bonchev–Trinajstić information content (AvgIpc) is 2.62. The van der Waals surface area contributed by atoms with Gasteiger partial charge >= 0.3 is 5.97 Å². The number of aromatic carboxylic acids is 1. The van der Waals surface area contributed by atoms with Gasteiger partial charge in [-0.05, 0) is 36.4 Å². The van der Waals surface area contributed by atoms with Gasteiger partial charge in [-0.3, -0.25) is 0 Å². The number of carboxylic acids is 1. The van der Waals surface area contributed by atoms with Gasteiger partial charge in [-0.25, -0.2) is 23.5 Å². The minimum atomic E-state index is -1.04. The Bertz CT molecular complexity index is 964. The van der Waals surface area contributed by atoms with E-state index in [-0.39, 0.29) is 28.6 Å². The van der Waals surface area contributed by atoms with Gasteiger partial charge in [0.25, 0.3) is 0 Å². The van der Waals surface area contributed by atoms with E-state index >= 15 is 0 Å². The second-order valence-corrected chi connectivity index (χ2v) is 5.24. The number of aromatic nitrogens is 2. The van der Waals surface area contributed by atoms with Gasteiger partial charge in [-0.1, -0.05) is 0 Å². The fourth-order valence-electron chi connectivity index (χ4n) is 2.15. The van der Waals surface area contributed by atoms with E-state index in [0.717, 1.165) is 18.2 Å². The Balaban J connectivity index is 1.85. The first-order valence-corrected chi connectivity index (χ1v) is 7.37. The van der Waals surface area contributed by atoms with E-state index in [1.165, 1.54) is 18.5 Å². The van der Waals surface area contributed by atoms with Crippen molar-refractivity contribution in [3.05, 3.63) is 66.0 Å². The van der Waals surface area contributed by atoms with E-state index in [4.69, 9.17) is 10.8 Å². The Labute approximate surface area is 146 Å². The van der Waals surface area contributed by atoms with Crippen molar-refractivity contribution < 1.29 is 18.7 Å². The van der Waals surface area contributed by atoms with Crippen LogP contribution in [0.2, 0.25) is 0 Å². The van der Waals surface area contributed by atoms with Gasteiger partial charge in [0, 0.05) is 11.8 Å². The Morgan fingerprint density at radius 2 is 1.65 bits per heavy atom. The maximum Gasteiger partial charge on any atom is 0.335 e. The number of carboxylic acid groups (broad SMARTS) is 1. The molecule has 2 aromatic carbocycles. The molecule has 1 heterocycles. The minimum Gasteiger partial charge on any atom is -0.478 e. The molecule has 3 rings (SSSR count). The fourth-order valence-corrected chi connectivity index (χ4v) is 2.15. The lowest BCUT2D eigenvalue weighted by atomic mass is 10.2. The van der Waals surface area contributed by atoms with Gasteiger partial charge in [0.1, 0.15) is 23.6 Å². The SMILES string of the molecule is Nc1c(Nc2ccc(C(=O)O)cc2)ncnc1Nc1cc(F)ccc1F. The number of nitrogens with one attached hydrogen (secondary N) is 2. The Hall–Kier alpha value is -3.75. The summed E-state index contributed by atoms with van der Waals surface area (Å²) in [5.74, 6) is -2.00. The summed E-state index contributed by atoms with van der Waals surface area (Å²) in [7, 11) is 0. The predicted molar refractivity (Wildman–Crippen MR) is 92.8 cm³/mol. The maximum atomic E-state index is 13.8. The number of halogens is 2. The standard InChI is InChI=1S/C17H13F2N5O2/c18-10-3-6-12(19)13(7-10)24-16-14(20)15(21-8-22-16)23-11-4-1-9(2-5-11)17(25)26/h1-8H,20H2,(H,25,26)(H2,21,22,23,24). The van der Waals surface area contributed by atoms with Crippen LogP contribution in [0.25, 0.3) is 0 Å². The van der Waals surface area contributed by atoms with Crippen molar-refractivity contribution in [2.45, 2.75) is 0 Å². The Morgan fingerprint density at radius 3 is 2.31 bits per heavy atom. The predicted octanol–water partition coefficient (Wildman–Crippen LogP) is 3.52. The molecule has 0 aliphatic carbocycles. The summed E-state index contributed by atoms with van der Waals surface area (Å²) in [5, 5.41) is 14.4. The highest BCUT2D eigenvalue weighted by atomic mass is 19.1. The van der Waals surface area contributed by atoms with Crippen LogP contribution in [0.15, 0.2) is 48.8 Å². The molecule has 132 valence electrons. The van der Waals surface area contributed by atoms with Crippen molar-refractivity contribution in [3.63, 3.8) is 0 Å². The molecule has 9 heteroatoms. The summed E-state index contributed by atoms with van der Waals surface area (Å²) in [6.07, 6.45) is 1.20. The second kappa shape index (κ2) is 7.01. The molecule has 1 aromatic heterocycles. The van der Waals surface area contributed by atoms with E-state index in [2.05, 4.69) is 20.6 Å². The number of nitrogens with zero attached hydrogens (tertiary/aromatic N) is 2. The Kier molecular flexibility index (Phi) is 4.61. The van der Waals surface area contributed by atoms with Crippen molar-refractivity contribution in [2.75, 3.05) is 16.4 Å². The van der Waals surface area contributed by atoms with Crippen molar-refractivity contribution >= 4 is 34.7 Å². The molecule has 0 saturated carbocycles. The molecular formula is C17H13F2N5O2. The largest absolute Gasteiger partial charge is 0.478 e. The first kappa shape index (κ1) is 17.1. The zero-order valence-electron chi connectivity index (χ0n) is 13.2. The summed E-state index contributed by atoms with van der Waals surface area (Å²) >= 11 is 0. The van der Waals surface area contributed by atoms with Crippen LogP contribution in [0.5, 0.6) is 0 Å². The highest BCUT2D eigenvalue weighted by Crippen LogP contribution is 2.29. The fraction of sp³-hybridized carbons (Fsp3) is 0. The van der Waals surface area contributed by atoms with E-state index in [1.807, 2.05) is 0 Å². The van der Waals surface area contributed by atoms with Gasteiger partial charge < -0.3 is 21.5 Å². The molecule has 0 unspecified atom stereocenters. The zero-order valence-corrected chi connectivity index (χ0v) is 13.2. The molecule has 0 fully saturated rings. The third-order valence-corrected chi connectivity index (χ3v) is 3.46. The summed E-state index contributed by atoms with van der Waals surface area (Å²) < 4.78 is 27.0. The minimum absolute atomic E-state index is 0.0819. The van der Waals surface area contributed by atoms with Crippen molar-refractivity contribution in [1.82, 2.24) is 9.97 Å². The van der Waals surface area contributed by atoms with Crippen LogP contribution in [0, 0.1) is 11.6 Å². The van der Waals surface area contributed by atoms with Crippen molar-refractivity contribution in [1.29, 1.82) is 0 Å². The van der Waals surface area contributed by atoms with E-state index in [0.29, 0.717) is 5.69 Å². The number of rotatable bonds is 5. The molecule has 0 amide bonds. The lowest BCUT2D eigenvalue weighted by Gasteiger charge is -2.13. The molecule has 0 atom stereocenters. The summed E-state index contributed by atoms with van der Waals surface area (Å²) in [6.45, 7) is 0. The van der Waals surface area contributed by atoms with Crippen LogP contribution >= 0.6 is 0 Å². The van der Waals surface area contributed by atoms with Crippen LogP contribution in [0.1, 0.15) is 10.4 Å². The smallest absolute Gasteiger partial charge is 0.335 e. The van der Waals surface area contributed by atoms with Gasteiger partial charge in [-0.15, -0.1) is 0 Å². The lowest BCUT2D eigenvalue weighted by Crippen LogP contribution is -2.06. The summed E-state index contributed by atoms with van der Waals surface area (Å²) in [6, 6.07) is 8.89. The van der Waals surface area contributed by atoms with E-state index in [9.17, 15) is 13.6 Å². The molecule has 0 saturated heterocycles. The van der Waals surface area contributed by atoms with Crippen LogP contribution < -0.4 is 16.4 Å². The number of benzene rings is 2. The molecule has 0 aliphatic rings. The molecule has 0 radical (unpaired) electrons. The molecular weight excluding hydrogens is 344 g/mol. The molecule has 26 heavy (non-hydrogen) atoms.